The second-order valence-corrected chi connectivity index (χ2v) is 8.22. The number of fused-ring (bicyclic) bond motifs is 1. The highest BCUT2D eigenvalue weighted by molar-refractivity contribution is 9.10. The Morgan fingerprint density at radius 2 is 2.07 bits per heavy atom. The molecule has 8 heteroatoms. The fraction of sp³-hybridized carbons (Fsp3) is 0.381. The van der Waals surface area contributed by atoms with Crippen LogP contribution in [0.2, 0.25) is 0 Å². The number of hydrogen-bond donors (Lipinski definition) is 1. The normalized spacial score (nSPS) is 15.1. The molecule has 4 rings (SSSR count). The number of nitrogens with zero attached hydrogens (tertiary/aromatic N) is 4. The lowest BCUT2D eigenvalue weighted by Crippen LogP contribution is -2.38. The number of benzene rings is 1. The van der Waals surface area contributed by atoms with Crippen molar-refractivity contribution < 1.29 is 9.18 Å². The van der Waals surface area contributed by atoms with Crippen molar-refractivity contribution >= 4 is 44.2 Å². The third-order valence-corrected chi connectivity index (χ3v) is 5.97. The first kappa shape index (κ1) is 19.8. The van der Waals surface area contributed by atoms with Gasteiger partial charge in [0.05, 0.1) is 11.4 Å². The summed E-state index contributed by atoms with van der Waals surface area (Å²) >= 11 is 3.23. The predicted octanol–water partition coefficient (Wildman–Crippen LogP) is 4.52. The van der Waals surface area contributed by atoms with Crippen LogP contribution >= 0.6 is 15.9 Å². The number of hydrogen-bond acceptors (Lipinski definition) is 4. The molecule has 3 heterocycles. The Labute approximate surface area is 177 Å². The lowest BCUT2D eigenvalue weighted by atomic mass is 9.95. The number of aromatic nitrogens is 3. The van der Waals surface area contributed by atoms with E-state index in [2.05, 4.69) is 43.2 Å². The number of amides is 1. The van der Waals surface area contributed by atoms with Crippen molar-refractivity contribution in [3.05, 3.63) is 46.4 Å². The smallest absolute Gasteiger partial charge is 0.227 e. The van der Waals surface area contributed by atoms with Crippen LogP contribution in [0.15, 0.2) is 34.9 Å². The van der Waals surface area contributed by atoms with Crippen molar-refractivity contribution in [1.29, 1.82) is 0 Å². The zero-order valence-corrected chi connectivity index (χ0v) is 18.0. The highest BCUT2D eigenvalue weighted by Crippen LogP contribution is 2.30. The number of carbonyl (C=O) groups is 1. The van der Waals surface area contributed by atoms with Crippen LogP contribution in [0, 0.1) is 18.7 Å². The zero-order chi connectivity index (χ0) is 20.5. The van der Waals surface area contributed by atoms with Crippen LogP contribution in [0.3, 0.4) is 0 Å². The molecule has 0 unspecified atom stereocenters. The van der Waals surface area contributed by atoms with Crippen molar-refractivity contribution in [2.75, 3.05) is 23.3 Å². The van der Waals surface area contributed by atoms with Crippen LogP contribution in [0.4, 0.5) is 15.9 Å². The summed E-state index contributed by atoms with van der Waals surface area (Å²) in [6.45, 7) is 6.30. The molecule has 3 aromatic rings. The van der Waals surface area contributed by atoms with Gasteiger partial charge in [0.2, 0.25) is 5.91 Å². The summed E-state index contributed by atoms with van der Waals surface area (Å²) in [4.78, 5) is 19.5. The van der Waals surface area contributed by atoms with Gasteiger partial charge in [0.1, 0.15) is 11.3 Å². The monoisotopic (exact) mass is 459 g/mol. The van der Waals surface area contributed by atoms with Crippen LogP contribution in [-0.2, 0) is 11.3 Å². The average molecular weight is 460 g/mol. The molecule has 1 N–H and O–H groups in total. The third-order valence-electron chi connectivity index (χ3n) is 5.48. The molecule has 1 fully saturated rings. The standard InChI is InChI=1S/C21H23BrFN5O/c1-3-28-19-16(13(2)26-28)6-9-24-20(19)27-10-7-14(8-11-27)21(29)25-18-5-4-15(22)12-17(18)23/h4-6,9,12,14H,3,7-8,10-11H2,1-2H3,(H,25,29). The molecule has 29 heavy (non-hydrogen) atoms. The Kier molecular flexibility index (Phi) is 5.54. The van der Waals surface area contributed by atoms with Gasteiger partial charge < -0.3 is 10.2 Å². The lowest BCUT2D eigenvalue weighted by molar-refractivity contribution is -0.120. The predicted molar refractivity (Wildman–Crippen MR) is 116 cm³/mol. The molecule has 0 atom stereocenters. The summed E-state index contributed by atoms with van der Waals surface area (Å²) in [6, 6.07) is 6.64. The van der Waals surface area contributed by atoms with Crippen LogP contribution in [-0.4, -0.2) is 33.8 Å². The Morgan fingerprint density at radius 3 is 2.76 bits per heavy atom. The van der Waals surface area contributed by atoms with Crippen molar-refractivity contribution in [3.63, 3.8) is 0 Å². The molecular formula is C21H23BrFN5O. The Bertz CT molecular complexity index is 1060. The number of halogens is 2. The first-order valence-electron chi connectivity index (χ1n) is 9.81. The molecule has 2 aromatic heterocycles. The molecule has 1 aromatic carbocycles. The van der Waals surface area contributed by atoms with E-state index in [1.54, 1.807) is 12.1 Å². The maximum absolute atomic E-state index is 14.0. The van der Waals surface area contributed by atoms with Crippen molar-refractivity contribution in [3.8, 4) is 0 Å². The number of piperidine rings is 1. The first-order chi connectivity index (χ1) is 14.0. The fourth-order valence-corrected chi connectivity index (χ4v) is 4.25. The number of aryl methyl sites for hydroxylation is 2. The minimum absolute atomic E-state index is 0.133. The van der Waals surface area contributed by atoms with E-state index in [0.717, 1.165) is 42.0 Å². The Morgan fingerprint density at radius 1 is 1.31 bits per heavy atom. The number of carbonyl (C=O) groups excluding carboxylic acids is 1. The molecule has 1 aliphatic rings. The quantitative estimate of drug-likeness (QED) is 0.622. The first-order valence-corrected chi connectivity index (χ1v) is 10.6. The van der Waals surface area contributed by atoms with Gasteiger partial charge in [0.15, 0.2) is 5.82 Å². The number of anilines is 2. The molecule has 6 nitrogen and oxygen atoms in total. The minimum Gasteiger partial charge on any atom is -0.355 e. The van der Waals surface area contributed by atoms with Crippen LogP contribution in [0.1, 0.15) is 25.5 Å². The molecule has 0 saturated carbocycles. The second kappa shape index (κ2) is 8.10. The van der Waals surface area contributed by atoms with Gasteiger partial charge in [0.25, 0.3) is 0 Å². The molecule has 152 valence electrons. The van der Waals surface area contributed by atoms with E-state index in [0.29, 0.717) is 17.3 Å². The summed E-state index contributed by atoms with van der Waals surface area (Å²) in [5.41, 5.74) is 2.26. The molecule has 1 saturated heterocycles. The zero-order valence-electron chi connectivity index (χ0n) is 16.5. The Hall–Kier alpha value is -2.48. The van der Waals surface area contributed by atoms with Gasteiger partial charge in [-0.25, -0.2) is 9.37 Å². The summed E-state index contributed by atoms with van der Waals surface area (Å²) in [5, 5.41) is 8.46. The van der Waals surface area contributed by atoms with E-state index in [9.17, 15) is 9.18 Å². The molecular weight excluding hydrogens is 437 g/mol. The van der Waals surface area contributed by atoms with Crippen molar-refractivity contribution in [2.24, 2.45) is 5.92 Å². The molecule has 0 radical (unpaired) electrons. The van der Waals surface area contributed by atoms with E-state index >= 15 is 0 Å². The van der Waals surface area contributed by atoms with Crippen LogP contribution < -0.4 is 10.2 Å². The van der Waals surface area contributed by atoms with Crippen molar-refractivity contribution in [1.82, 2.24) is 14.8 Å². The summed E-state index contributed by atoms with van der Waals surface area (Å²) in [7, 11) is 0. The largest absolute Gasteiger partial charge is 0.355 e. The Balaban J connectivity index is 1.47. The van der Waals surface area contributed by atoms with E-state index in [1.807, 2.05) is 23.9 Å². The highest BCUT2D eigenvalue weighted by Gasteiger charge is 2.28. The van der Waals surface area contributed by atoms with Gasteiger partial charge in [-0.15, -0.1) is 0 Å². The molecule has 1 aliphatic heterocycles. The van der Waals surface area contributed by atoms with Crippen molar-refractivity contribution in [2.45, 2.75) is 33.2 Å². The summed E-state index contributed by atoms with van der Waals surface area (Å²) < 4.78 is 16.6. The topological polar surface area (TPSA) is 63.1 Å². The summed E-state index contributed by atoms with van der Waals surface area (Å²) in [6.07, 6.45) is 3.21. The SMILES string of the molecule is CCn1nc(C)c2ccnc(N3CCC(C(=O)Nc4ccc(Br)cc4F)CC3)c21. The molecule has 1 amide bonds. The van der Waals surface area contributed by atoms with Gasteiger partial charge >= 0.3 is 0 Å². The van der Waals surface area contributed by atoms with Gasteiger partial charge in [-0.1, -0.05) is 15.9 Å². The fourth-order valence-electron chi connectivity index (χ4n) is 3.91. The molecule has 0 aliphatic carbocycles. The second-order valence-electron chi connectivity index (χ2n) is 7.31. The van der Waals surface area contributed by atoms with Crippen LogP contribution in [0.25, 0.3) is 10.9 Å². The number of rotatable bonds is 4. The van der Waals surface area contributed by atoms with E-state index < -0.39 is 5.82 Å². The van der Waals surface area contributed by atoms with Gasteiger partial charge in [-0.05, 0) is 51.0 Å². The lowest BCUT2D eigenvalue weighted by Gasteiger charge is -2.32. The van der Waals surface area contributed by atoms with E-state index in [-0.39, 0.29) is 17.5 Å². The van der Waals surface area contributed by atoms with Gasteiger partial charge in [-0.3, -0.25) is 9.48 Å². The highest BCUT2D eigenvalue weighted by atomic mass is 79.9. The minimum atomic E-state index is -0.441. The van der Waals surface area contributed by atoms with E-state index in [4.69, 9.17) is 0 Å². The number of pyridine rings is 1. The summed E-state index contributed by atoms with van der Waals surface area (Å²) in [5.74, 6) is 0.199. The van der Waals surface area contributed by atoms with Gasteiger partial charge in [0, 0.05) is 41.6 Å². The van der Waals surface area contributed by atoms with Crippen LogP contribution in [0.5, 0.6) is 0 Å². The average Bonchev–Trinajstić information content (AvgIpc) is 3.06. The number of nitrogens with one attached hydrogen (secondary N) is 1. The molecule has 0 bridgehead atoms. The van der Waals surface area contributed by atoms with Gasteiger partial charge in [-0.2, -0.15) is 5.10 Å². The van der Waals surface area contributed by atoms with E-state index in [1.165, 1.54) is 6.07 Å². The molecule has 0 spiro atoms. The third kappa shape index (κ3) is 3.85. The maximum Gasteiger partial charge on any atom is 0.227 e. The maximum atomic E-state index is 14.0.